The third-order valence-corrected chi connectivity index (χ3v) is 2.54. The lowest BCUT2D eigenvalue weighted by atomic mass is 10.2. The third kappa shape index (κ3) is 1.58. The Balaban J connectivity index is 2.34. The number of carbonyl (C=O) groups is 2. The molecule has 1 aliphatic rings. The van der Waals surface area contributed by atoms with Crippen LogP contribution in [0.2, 0.25) is 0 Å². The van der Waals surface area contributed by atoms with Crippen LogP contribution in [0.5, 0.6) is 0 Å². The fourth-order valence-corrected chi connectivity index (χ4v) is 1.70. The highest BCUT2D eigenvalue weighted by atomic mass is 32.2. The van der Waals surface area contributed by atoms with Crippen molar-refractivity contribution >= 4 is 27.8 Å². The highest BCUT2D eigenvalue weighted by Gasteiger charge is 2.26. The Morgan fingerprint density at radius 3 is 2.29 bits per heavy atom. The fourth-order valence-electron chi connectivity index (χ4n) is 1.01. The van der Waals surface area contributed by atoms with Crippen LogP contribution in [0, 0.1) is 5.82 Å². The number of carbonyl (C=O) groups excluding carboxylic acids is 2. The zero-order chi connectivity index (χ0) is 10.1. The van der Waals surface area contributed by atoms with Gasteiger partial charge in [0.2, 0.25) is 0 Å². The maximum absolute atomic E-state index is 12.5. The van der Waals surface area contributed by atoms with E-state index in [0.29, 0.717) is 10.6 Å². The van der Waals surface area contributed by atoms with E-state index >= 15 is 0 Å². The van der Waals surface area contributed by atoms with E-state index in [9.17, 15) is 14.0 Å². The molecule has 1 heterocycles. The summed E-state index contributed by atoms with van der Waals surface area (Å²) < 4.78 is 12.5. The predicted molar refractivity (Wildman–Crippen MR) is 50.5 cm³/mol. The minimum atomic E-state index is -0.755. The molecule has 0 radical (unpaired) electrons. The van der Waals surface area contributed by atoms with Crippen molar-refractivity contribution in [3.05, 3.63) is 35.6 Å². The molecule has 1 amide bonds. The predicted octanol–water partition coefficient (Wildman–Crippen LogP) is 1.37. The average molecular weight is 209 g/mol. The molecule has 2 rings (SSSR count). The summed E-state index contributed by atoms with van der Waals surface area (Å²) in [5, 5.41) is -0.260. The zero-order valence-corrected chi connectivity index (χ0v) is 7.68. The topological polar surface area (TPSA) is 46.5 Å². The van der Waals surface area contributed by atoms with Crippen molar-refractivity contribution in [2.45, 2.75) is 0 Å². The molecular weight excluding hydrogens is 205 g/mol. The van der Waals surface area contributed by atoms with Crippen molar-refractivity contribution in [2.75, 3.05) is 0 Å². The Hall–Kier alpha value is -1.49. The summed E-state index contributed by atoms with van der Waals surface area (Å²) in [7, 11) is 0. The Labute approximate surface area is 83.0 Å². The summed E-state index contributed by atoms with van der Waals surface area (Å²) in [6.45, 7) is 0. The lowest BCUT2D eigenvalue weighted by Crippen LogP contribution is -1.98. The second kappa shape index (κ2) is 3.34. The number of nitrogens with zero attached hydrogens (tertiary/aromatic N) is 1. The standard InChI is InChI=1S/C9H4FNO2S/c10-6-3-1-5(2-4-6)8-11-7(12)9(13)14-8/h1-4H. The van der Waals surface area contributed by atoms with Crippen molar-refractivity contribution in [1.82, 2.24) is 0 Å². The van der Waals surface area contributed by atoms with Crippen LogP contribution in [-0.2, 0) is 9.59 Å². The van der Waals surface area contributed by atoms with E-state index in [0.717, 1.165) is 11.8 Å². The molecule has 14 heavy (non-hydrogen) atoms. The number of amides is 1. The summed E-state index contributed by atoms with van der Waals surface area (Å²) in [6, 6.07) is 5.47. The largest absolute Gasteiger partial charge is 0.325 e. The van der Waals surface area contributed by atoms with Crippen molar-refractivity contribution in [3.63, 3.8) is 0 Å². The monoisotopic (exact) mass is 209 g/mol. The van der Waals surface area contributed by atoms with Gasteiger partial charge in [0, 0.05) is 5.56 Å². The first-order valence-corrected chi connectivity index (χ1v) is 4.59. The van der Waals surface area contributed by atoms with E-state index < -0.39 is 11.0 Å². The van der Waals surface area contributed by atoms with Crippen LogP contribution in [0.3, 0.4) is 0 Å². The van der Waals surface area contributed by atoms with Crippen molar-refractivity contribution in [2.24, 2.45) is 4.99 Å². The van der Waals surface area contributed by atoms with E-state index in [1.165, 1.54) is 24.3 Å². The van der Waals surface area contributed by atoms with E-state index in [2.05, 4.69) is 4.99 Å². The van der Waals surface area contributed by atoms with Crippen LogP contribution < -0.4 is 0 Å². The van der Waals surface area contributed by atoms with Gasteiger partial charge in [0.1, 0.15) is 10.9 Å². The van der Waals surface area contributed by atoms with E-state index in [1.807, 2.05) is 0 Å². The summed E-state index contributed by atoms with van der Waals surface area (Å²) in [4.78, 5) is 25.2. The number of hydrogen-bond acceptors (Lipinski definition) is 3. The zero-order valence-electron chi connectivity index (χ0n) is 6.86. The minimum Gasteiger partial charge on any atom is -0.275 e. The van der Waals surface area contributed by atoms with Crippen LogP contribution >= 0.6 is 11.8 Å². The lowest BCUT2D eigenvalue weighted by molar-refractivity contribution is -0.130. The molecule has 5 heteroatoms. The number of aliphatic imine (C=N–C) groups is 1. The number of benzene rings is 1. The molecule has 1 aliphatic heterocycles. The molecular formula is C9H4FNO2S. The van der Waals surface area contributed by atoms with Gasteiger partial charge < -0.3 is 0 Å². The van der Waals surface area contributed by atoms with Gasteiger partial charge in [-0.25, -0.2) is 4.39 Å². The Morgan fingerprint density at radius 1 is 1.14 bits per heavy atom. The SMILES string of the molecule is O=C1N=C(c2ccc(F)cc2)SC1=O. The first-order valence-electron chi connectivity index (χ1n) is 3.77. The van der Waals surface area contributed by atoms with Gasteiger partial charge in [-0.15, -0.1) is 0 Å². The van der Waals surface area contributed by atoms with Gasteiger partial charge in [0.05, 0.1) is 0 Å². The Morgan fingerprint density at radius 2 is 1.79 bits per heavy atom. The second-order valence-corrected chi connectivity index (χ2v) is 3.58. The van der Waals surface area contributed by atoms with Crippen LogP contribution in [0.15, 0.2) is 29.3 Å². The van der Waals surface area contributed by atoms with Crippen molar-refractivity contribution in [3.8, 4) is 0 Å². The summed E-state index contributed by atoms with van der Waals surface area (Å²) in [6.07, 6.45) is 0. The van der Waals surface area contributed by atoms with Crippen molar-refractivity contribution < 1.29 is 14.0 Å². The number of hydrogen-bond donors (Lipinski definition) is 0. The van der Waals surface area contributed by atoms with Crippen LogP contribution in [0.25, 0.3) is 0 Å². The van der Waals surface area contributed by atoms with Gasteiger partial charge in [-0.05, 0) is 36.0 Å². The van der Waals surface area contributed by atoms with Gasteiger partial charge in [-0.1, -0.05) is 0 Å². The minimum absolute atomic E-state index is 0.333. The molecule has 3 nitrogen and oxygen atoms in total. The number of thioether (sulfide) groups is 1. The van der Waals surface area contributed by atoms with Gasteiger partial charge in [0.25, 0.3) is 5.12 Å². The quantitative estimate of drug-likeness (QED) is 0.656. The van der Waals surface area contributed by atoms with Crippen molar-refractivity contribution in [1.29, 1.82) is 0 Å². The van der Waals surface area contributed by atoms with E-state index in [1.54, 1.807) is 0 Å². The maximum Gasteiger partial charge on any atom is 0.325 e. The molecule has 0 aliphatic carbocycles. The molecule has 70 valence electrons. The average Bonchev–Trinajstić information content (AvgIpc) is 2.48. The smallest absolute Gasteiger partial charge is 0.275 e. The molecule has 0 saturated heterocycles. The Kier molecular flexibility index (Phi) is 2.17. The van der Waals surface area contributed by atoms with Gasteiger partial charge in [-0.3, -0.25) is 9.59 Å². The van der Waals surface area contributed by atoms with Gasteiger partial charge >= 0.3 is 5.91 Å². The van der Waals surface area contributed by atoms with E-state index in [-0.39, 0.29) is 5.82 Å². The van der Waals surface area contributed by atoms with Crippen LogP contribution in [0.1, 0.15) is 5.56 Å². The molecule has 0 bridgehead atoms. The fraction of sp³-hybridized carbons (Fsp3) is 0. The van der Waals surface area contributed by atoms with Gasteiger partial charge in [-0.2, -0.15) is 4.99 Å². The molecule has 0 unspecified atom stereocenters. The normalized spacial score (nSPS) is 15.9. The molecule has 0 spiro atoms. The number of halogens is 1. The first kappa shape index (κ1) is 9.08. The molecule has 0 saturated carbocycles. The number of rotatable bonds is 1. The summed E-state index contributed by atoms with van der Waals surface area (Å²) in [5.41, 5.74) is 0.579. The molecule has 0 N–H and O–H groups in total. The summed E-state index contributed by atoms with van der Waals surface area (Å²) >= 11 is 0.772. The molecule has 0 aromatic heterocycles. The molecule has 1 aromatic rings. The first-order chi connectivity index (χ1) is 6.66. The van der Waals surface area contributed by atoms with Gasteiger partial charge in [0.15, 0.2) is 0 Å². The molecule has 0 atom stereocenters. The molecule has 0 fully saturated rings. The second-order valence-electron chi connectivity index (χ2n) is 2.62. The van der Waals surface area contributed by atoms with Crippen LogP contribution in [-0.4, -0.2) is 16.1 Å². The highest BCUT2D eigenvalue weighted by molar-refractivity contribution is 8.28. The maximum atomic E-state index is 12.5. The highest BCUT2D eigenvalue weighted by Crippen LogP contribution is 2.21. The Bertz CT molecular complexity index is 439. The lowest BCUT2D eigenvalue weighted by Gasteiger charge is -1.96. The van der Waals surface area contributed by atoms with Crippen LogP contribution in [0.4, 0.5) is 4.39 Å². The summed E-state index contributed by atoms with van der Waals surface area (Å²) in [5.74, 6) is -1.12. The molecule has 1 aromatic carbocycles. The third-order valence-electron chi connectivity index (χ3n) is 1.66. The van der Waals surface area contributed by atoms with E-state index in [4.69, 9.17) is 0 Å².